The number of carbonyl (C=O) groups is 3. The van der Waals surface area contributed by atoms with Gasteiger partial charge in [0.2, 0.25) is 0 Å². The van der Waals surface area contributed by atoms with Crippen LogP contribution in [0, 0.1) is 0 Å². The van der Waals surface area contributed by atoms with Gasteiger partial charge in [0.25, 0.3) is 0 Å². The number of esters is 3. The zero-order valence-electron chi connectivity index (χ0n) is 36.7. The highest BCUT2D eigenvalue weighted by atomic mass is 16.6. The molecule has 0 aromatic heterocycles. The van der Waals surface area contributed by atoms with Crippen molar-refractivity contribution in [2.45, 2.75) is 258 Å². The Morgan fingerprint density at radius 3 is 0.927 bits per heavy atom. The zero-order chi connectivity index (χ0) is 40.1. The molecule has 0 bridgehead atoms. The van der Waals surface area contributed by atoms with Crippen molar-refractivity contribution in [1.29, 1.82) is 0 Å². The fraction of sp³-hybridized carbons (Fsp3) is 0.857. The minimum atomic E-state index is -0.772. The van der Waals surface area contributed by atoms with E-state index in [1.165, 1.54) is 141 Å². The average molecular weight is 775 g/mol. The van der Waals surface area contributed by atoms with Crippen LogP contribution in [0.25, 0.3) is 0 Å². The standard InChI is InChI=1S/C49H90O6/c1-4-7-10-13-16-19-21-23-24-26-27-30-33-36-39-42-48(51)54-45-46(44-53-47(50)41-38-35-32-29-18-15-12-9-6-3)55-49(52)43-40-37-34-31-28-25-22-20-17-14-11-8-5-2/h20,22-24,46H,4-19,21,25-45H2,1-3H3/b22-20-,24-23-/t46-/m1/s1. The monoisotopic (exact) mass is 775 g/mol. The Morgan fingerprint density at radius 2 is 0.600 bits per heavy atom. The fourth-order valence-corrected chi connectivity index (χ4v) is 6.78. The van der Waals surface area contributed by atoms with E-state index in [2.05, 4.69) is 45.1 Å². The summed E-state index contributed by atoms with van der Waals surface area (Å²) in [4.78, 5) is 37.7. The molecule has 0 saturated heterocycles. The van der Waals surface area contributed by atoms with Gasteiger partial charge in [0.1, 0.15) is 13.2 Å². The van der Waals surface area contributed by atoms with E-state index in [-0.39, 0.29) is 31.1 Å². The quantitative estimate of drug-likeness (QED) is 0.0266. The Labute approximate surface area is 341 Å². The van der Waals surface area contributed by atoms with Gasteiger partial charge in [-0.1, -0.05) is 186 Å². The lowest BCUT2D eigenvalue weighted by molar-refractivity contribution is -0.167. The molecule has 1 atom stereocenters. The molecule has 0 heterocycles. The molecule has 0 fully saturated rings. The van der Waals surface area contributed by atoms with Gasteiger partial charge in [0.15, 0.2) is 6.10 Å². The molecular weight excluding hydrogens is 685 g/mol. The smallest absolute Gasteiger partial charge is 0.306 e. The van der Waals surface area contributed by atoms with Gasteiger partial charge in [-0.05, 0) is 70.6 Å². The molecule has 0 radical (unpaired) electrons. The van der Waals surface area contributed by atoms with Crippen LogP contribution in [0.4, 0.5) is 0 Å². The van der Waals surface area contributed by atoms with Gasteiger partial charge in [0.05, 0.1) is 0 Å². The third-order valence-electron chi connectivity index (χ3n) is 10.4. The molecule has 322 valence electrons. The Morgan fingerprint density at radius 1 is 0.345 bits per heavy atom. The highest BCUT2D eigenvalue weighted by Gasteiger charge is 2.19. The lowest BCUT2D eigenvalue weighted by Crippen LogP contribution is -2.30. The Kier molecular flexibility index (Phi) is 42.9. The summed E-state index contributed by atoms with van der Waals surface area (Å²) >= 11 is 0. The van der Waals surface area contributed by atoms with Crippen LogP contribution in [0.2, 0.25) is 0 Å². The number of carbonyl (C=O) groups excluding carboxylic acids is 3. The number of hydrogen-bond acceptors (Lipinski definition) is 6. The SMILES string of the molecule is CCCCCC/C=C\CCCCCCCC(=O)O[C@@H](COC(=O)CCCCCCC/C=C\CCCCCCCC)COC(=O)CCCCCCCCCCC. The highest BCUT2D eigenvalue weighted by molar-refractivity contribution is 5.71. The molecule has 0 aliphatic carbocycles. The summed E-state index contributed by atoms with van der Waals surface area (Å²) in [5, 5.41) is 0. The van der Waals surface area contributed by atoms with Gasteiger partial charge < -0.3 is 14.2 Å². The van der Waals surface area contributed by atoms with Crippen molar-refractivity contribution in [2.75, 3.05) is 13.2 Å². The molecule has 0 aromatic carbocycles. The fourth-order valence-electron chi connectivity index (χ4n) is 6.78. The second-order valence-electron chi connectivity index (χ2n) is 16.0. The lowest BCUT2D eigenvalue weighted by atomic mass is 10.1. The maximum Gasteiger partial charge on any atom is 0.306 e. The van der Waals surface area contributed by atoms with Crippen molar-refractivity contribution in [3.8, 4) is 0 Å². The van der Waals surface area contributed by atoms with Gasteiger partial charge in [-0.15, -0.1) is 0 Å². The topological polar surface area (TPSA) is 78.9 Å². The summed E-state index contributed by atoms with van der Waals surface area (Å²) in [7, 11) is 0. The first kappa shape index (κ1) is 52.9. The van der Waals surface area contributed by atoms with Crippen LogP contribution >= 0.6 is 0 Å². The molecule has 0 aliphatic rings. The number of ether oxygens (including phenoxy) is 3. The number of unbranched alkanes of at least 4 members (excludes halogenated alkanes) is 28. The van der Waals surface area contributed by atoms with Crippen molar-refractivity contribution in [1.82, 2.24) is 0 Å². The molecule has 0 N–H and O–H groups in total. The molecule has 0 aromatic rings. The van der Waals surface area contributed by atoms with Gasteiger partial charge in [-0.3, -0.25) is 14.4 Å². The lowest BCUT2D eigenvalue weighted by Gasteiger charge is -2.18. The molecule has 0 unspecified atom stereocenters. The molecular formula is C49H90O6. The molecule has 6 nitrogen and oxygen atoms in total. The Balaban J connectivity index is 4.35. The third-order valence-corrected chi connectivity index (χ3v) is 10.4. The summed E-state index contributed by atoms with van der Waals surface area (Å²) in [5.74, 6) is -0.889. The van der Waals surface area contributed by atoms with Crippen LogP contribution in [0.15, 0.2) is 24.3 Å². The molecule has 55 heavy (non-hydrogen) atoms. The zero-order valence-corrected chi connectivity index (χ0v) is 36.7. The normalized spacial score (nSPS) is 12.1. The Bertz CT molecular complexity index is 896. The summed E-state index contributed by atoms with van der Waals surface area (Å²) in [6, 6.07) is 0. The van der Waals surface area contributed by atoms with Crippen LogP contribution in [0.5, 0.6) is 0 Å². The van der Waals surface area contributed by atoms with E-state index in [1.807, 2.05) is 0 Å². The van der Waals surface area contributed by atoms with E-state index in [0.29, 0.717) is 19.3 Å². The summed E-state index contributed by atoms with van der Waals surface area (Å²) in [6.07, 6.45) is 48.7. The Hall–Kier alpha value is -2.11. The predicted molar refractivity (Wildman–Crippen MR) is 233 cm³/mol. The second kappa shape index (κ2) is 44.6. The first-order valence-electron chi connectivity index (χ1n) is 23.8. The predicted octanol–water partition coefficient (Wildman–Crippen LogP) is 15.2. The van der Waals surface area contributed by atoms with Crippen LogP contribution < -0.4 is 0 Å². The summed E-state index contributed by atoms with van der Waals surface area (Å²) in [5.41, 5.74) is 0. The molecule has 0 spiro atoms. The largest absolute Gasteiger partial charge is 0.462 e. The van der Waals surface area contributed by atoms with Gasteiger partial charge in [0, 0.05) is 19.3 Å². The van der Waals surface area contributed by atoms with E-state index in [1.54, 1.807) is 0 Å². The van der Waals surface area contributed by atoms with Crippen molar-refractivity contribution >= 4 is 17.9 Å². The number of hydrogen-bond donors (Lipinski definition) is 0. The van der Waals surface area contributed by atoms with E-state index < -0.39 is 6.10 Å². The average Bonchev–Trinajstić information content (AvgIpc) is 3.18. The minimum Gasteiger partial charge on any atom is -0.462 e. The van der Waals surface area contributed by atoms with Crippen LogP contribution in [-0.2, 0) is 28.6 Å². The van der Waals surface area contributed by atoms with Gasteiger partial charge in [-0.2, -0.15) is 0 Å². The van der Waals surface area contributed by atoms with Gasteiger partial charge >= 0.3 is 17.9 Å². The maximum absolute atomic E-state index is 12.7. The molecule has 0 rings (SSSR count). The van der Waals surface area contributed by atoms with E-state index in [0.717, 1.165) is 70.6 Å². The first-order valence-corrected chi connectivity index (χ1v) is 23.8. The summed E-state index contributed by atoms with van der Waals surface area (Å²) < 4.78 is 16.7. The third kappa shape index (κ3) is 42.9. The minimum absolute atomic E-state index is 0.0746. The highest BCUT2D eigenvalue weighted by Crippen LogP contribution is 2.14. The first-order chi connectivity index (χ1) is 27.0. The van der Waals surface area contributed by atoms with E-state index in [4.69, 9.17) is 14.2 Å². The van der Waals surface area contributed by atoms with Crippen LogP contribution in [-0.4, -0.2) is 37.2 Å². The van der Waals surface area contributed by atoms with Crippen LogP contribution in [0.3, 0.4) is 0 Å². The van der Waals surface area contributed by atoms with E-state index >= 15 is 0 Å². The molecule has 0 amide bonds. The van der Waals surface area contributed by atoms with Crippen LogP contribution in [0.1, 0.15) is 252 Å². The van der Waals surface area contributed by atoms with Gasteiger partial charge in [-0.25, -0.2) is 0 Å². The van der Waals surface area contributed by atoms with E-state index in [9.17, 15) is 14.4 Å². The second-order valence-corrected chi connectivity index (χ2v) is 16.0. The molecule has 0 aliphatic heterocycles. The maximum atomic E-state index is 12.7. The van der Waals surface area contributed by atoms with Crippen molar-refractivity contribution in [3.05, 3.63) is 24.3 Å². The molecule has 6 heteroatoms. The number of rotatable bonds is 43. The summed E-state index contributed by atoms with van der Waals surface area (Å²) in [6.45, 7) is 6.59. The number of allylic oxidation sites excluding steroid dienone is 4. The van der Waals surface area contributed by atoms with Crippen molar-refractivity contribution in [3.63, 3.8) is 0 Å². The molecule has 0 saturated carbocycles. The van der Waals surface area contributed by atoms with Crippen molar-refractivity contribution in [2.24, 2.45) is 0 Å². The van der Waals surface area contributed by atoms with Crippen molar-refractivity contribution < 1.29 is 28.6 Å².